The maximum absolute atomic E-state index is 5.56. The first-order valence-electron chi connectivity index (χ1n) is 6.15. The molecular formula is C14H21NO. The lowest BCUT2D eigenvalue weighted by molar-refractivity contribution is 0.0789. The molecule has 1 saturated carbocycles. The van der Waals surface area contributed by atoms with E-state index in [1.54, 1.807) is 0 Å². The van der Waals surface area contributed by atoms with Crippen LogP contribution in [0, 0.1) is 0 Å². The topological polar surface area (TPSA) is 35.2 Å². The molecule has 0 bridgehead atoms. The van der Waals surface area contributed by atoms with Gasteiger partial charge in [0, 0.05) is 7.11 Å². The molecule has 2 N–H and O–H groups in total. The summed E-state index contributed by atoms with van der Waals surface area (Å²) in [4.78, 5) is 0. The van der Waals surface area contributed by atoms with Gasteiger partial charge in [-0.3, -0.25) is 0 Å². The van der Waals surface area contributed by atoms with Crippen LogP contribution in [0.1, 0.15) is 36.8 Å². The molecule has 1 aromatic rings. The number of ether oxygens (including phenoxy) is 1. The molecule has 2 heteroatoms. The zero-order valence-corrected chi connectivity index (χ0v) is 10.0. The second kappa shape index (κ2) is 4.98. The summed E-state index contributed by atoms with van der Waals surface area (Å²) in [6.07, 6.45) is 5.76. The molecule has 0 amide bonds. The molecule has 88 valence electrons. The van der Waals surface area contributed by atoms with E-state index in [0.29, 0.717) is 0 Å². The van der Waals surface area contributed by atoms with Crippen LogP contribution in [0.2, 0.25) is 0 Å². The number of benzene rings is 1. The lowest BCUT2D eigenvalue weighted by atomic mass is 10.0. The maximum atomic E-state index is 5.56. The van der Waals surface area contributed by atoms with Gasteiger partial charge in [0.1, 0.15) is 0 Å². The number of methoxy groups -OCH3 is 1. The number of aryl methyl sites for hydroxylation is 1. The van der Waals surface area contributed by atoms with E-state index < -0.39 is 0 Å². The van der Waals surface area contributed by atoms with Crippen molar-refractivity contribution < 1.29 is 4.74 Å². The van der Waals surface area contributed by atoms with Gasteiger partial charge < -0.3 is 10.5 Å². The van der Waals surface area contributed by atoms with E-state index >= 15 is 0 Å². The zero-order chi connectivity index (χ0) is 11.4. The molecule has 2 rings (SSSR count). The minimum Gasteiger partial charge on any atom is -0.374 e. The number of nitrogens with two attached hydrogens (primary N) is 1. The van der Waals surface area contributed by atoms with Gasteiger partial charge in [-0.25, -0.2) is 0 Å². The Kier molecular flexibility index (Phi) is 3.62. The first-order chi connectivity index (χ1) is 7.80. The van der Waals surface area contributed by atoms with E-state index in [4.69, 9.17) is 10.5 Å². The summed E-state index contributed by atoms with van der Waals surface area (Å²) in [5, 5.41) is 0. The molecule has 1 aliphatic carbocycles. The number of hydrogen-bond donors (Lipinski definition) is 1. The standard InChI is InChI=1S/C14H21NO/c1-16-14(9-10-14)13-7-5-12(6-8-13)4-2-3-11-15/h5-8H,2-4,9-11,15H2,1H3. The normalized spacial score (nSPS) is 17.4. The molecule has 1 fully saturated rings. The Labute approximate surface area is 97.8 Å². The van der Waals surface area contributed by atoms with Crippen molar-refractivity contribution in [3.8, 4) is 0 Å². The molecule has 0 radical (unpaired) electrons. The van der Waals surface area contributed by atoms with Crippen LogP contribution < -0.4 is 5.73 Å². The van der Waals surface area contributed by atoms with Crippen molar-refractivity contribution in [2.24, 2.45) is 5.73 Å². The quantitative estimate of drug-likeness (QED) is 0.746. The monoisotopic (exact) mass is 219 g/mol. The number of rotatable bonds is 6. The summed E-state index contributed by atoms with van der Waals surface area (Å²) in [6, 6.07) is 8.89. The van der Waals surface area contributed by atoms with Crippen molar-refractivity contribution in [2.45, 2.75) is 37.7 Å². The van der Waals surface area contributed by atoms with Crippen LogP contribution in [-0.2, 0) is 16.8 Å². The van der Waals surface area contributed by atoms with Crippen LogP contribution in [0.3, 0.4) is 0 Å². The van der Waals surface area contributed by atoms with E-state index in [1.165, 1.54) is 17.5 Å². The van der Waals surface area contributed by atoms with Crippen molar-refractivity contribution in [2.75, 3.05) is 13.7 Å². The van der Waals surface area contributed by atoms with Gasteiger partial charge >= 0.3 is 0 Å². The summed E-state index contributed by atoms with van der Waals surface area (Å²) in [6.45, 7) is 0.796. The first-order valence-corrected chi connectivity index (χ1v) is 6.15. The fourth-order valence-electron chi connectivity index (χ4n) is 2.17. The Balaban J connectivity index is 1.94. The van der Waals surface area contributed by atoms with Crippen molar-refractivity contribution >= 4 is 0 Å². The molecule has 0 aliphatic heterocycles. The molecular weight excluding hydrogens is 198 g/mol. The molecule has 2 nitrogen and oxygen atoms in total. The smallest absolute Gasteiger partial charge is 0.0929 e. The fourth-order valence-corrected chi connectivity index (χ4v) is 2.17. The van der Waals surface area contributed by atoms with Crippen LogP contribution in [0.25, 0.3) is 0 Å². The fraction of sp³-hybridized carbons (Fsp3) is 0.571. The third kappa shape index (κ3) is 2.45. The van der Waals surface area contributed by atoms with Gasteiger partial charge in [0.2, 0.25) is 0 Å². The predicted molar refractivity (Wildman–Crippen MR) is 66.4 cm³/mol. The zero-order valence-electron chi connectivity index (χ0n) is 10.0. The van der Waals surface area contributed by atoms with Gasteiger partial charge in [-0.15, -0.1) is 0 Å². The van der Waals surface area contributed by atoms with E-state index in [0.717, 1.165) is 32.2 Å². The third-order valence-electron chi connectivity index (χ3n) is 3.49. The summed E-state index contributed by atoms with van der Waals surface area (Å²) in [5.74, 6) is 0. The number of hydrogen-bond acceptors (Lipinski definition) is 2. The van der Waals surface area contributed by atoms with E-state index in [1.807, 2.05) is 7.11 Å². The summed E-state index contributed by atoms with van der Waals surface area (Å²) in [5.41, 5.74) is 8.27. The second-order valence-corrected chi connectivity index (χ2v) is 4.64. The van der Waals surface area contributed by atoms with Gasteiger partial charge in [0.25, 0.3) is 0 Å². The Morgan fingerprint density at radius 1 is 1.19 bits per heavy atom. The second-order valence-electron chi connectivity index (χ2n) is 4.64. The van der Waals surface area contributed by atoms with E-state index in [-0.39, 0.29) is 5.60 Å². The molecule has 0 atom stereocenters. The molecule has 1 aromatic carbocycles. The van der Waals surface area contributed by atoms with Crippen molar-refractivity contribution in [1.29, 1.82) is 0 Å². The summed E-state index contributed by atoms with van der Waals surface area (Å²) < 4.78 is 5.56. The molecule has 1 aliphatic rings. The van der Waals surface area contributed by atoms with Gasteiger partial charge in [-0.05, 0) is 49.8 Å². The molecule has 0 aromatic heterocycles. The van der Waals surface area contributed by atoms with Crippen LogP contribution >= 0.6 is 0 Å². The molecule has 0 heterocycles. The Morgan fingerprint density at radius 2 is 1.88 bits per heavy atom. The summed E-state index contributed by atoms with van der Waals surface area (Å²) in [7, 11) is 1.81. The van der Waals surface area contributed by atoms with Crippen LogP contribution in [-0.4, -0.2) is 13.7 Å². The highest BCUT2D eigenvalue weighted by atomic mass is 16.5. The molecule has 0 saturated heterocycles. The van der Waals surface area contributed by atoms with Gasteiger partial charge in [-0.1, -0.05) is 24.3 Å². The predicted octanol–water partition coefficient (Wildman–Crippen LogP) is 2.60. The van der Waals surface area contributed by atoms with Gasteiger partial charge in [-0.2, -0.15) is 0 Å². The highest BCUT2D eigenvalue weighted by Crippen LogP contribution is 2.48. The van der Waals surface area contributed by atoms with Crippen molar-refractivity contribution in [3.05, 3.63) is 35.4 Å². The minimum atomic E-state index is 0.0514. The van der Waals surface area contributed by atoms with E-state index in [2.05, 4.69) is 24.3 Å². The van der Waals surface area contributed by atoms with Crippen LogP contribution in [0.4, 0.5) is 0 Å². The lowest BCUT2D eigenvalue weighted by Gasteiger charge is -2.14. The minimum absolute atomic E-state index is 0.0514. The average Bonchev–Trinajstić information content (AvgIpc) is 3.11. The molecule has 16 heavy (non-hydrogen) atoms. The third-order valence-corrected chi connectivity index (χ3v) is 3.49. The number of unbranched alkanes of at least 4 members (excludes halogenated alkanes) is 1. The Morgan fingerprint density at radius 3 is 2.38 bits per heavy atom. The Bertz CT molecular complexity index is 327. The highest BCUT2D eigenvalue weighted by Gasteiger charge is 2.44. The van der Waals surface area contributed by atoms with Gasteiger partial charge in [0.05, 0.1) is 5.60 Å². The van der Waals surface area contributed by atoms with Gasteiger partial charge in [0.15, 0.2) is 0 Å². The average molecular weight is 219 g/mol. The van der Waals surface area contributed by atoms with Crippen LogP contribution in [0.15, 0.2) is 24.3 Å². The van der Waals surface area contributed by atoms with Crippen LogP contribution in [0.5, 0.6) is 0 Å². The highest BCUT2D eigenvalue weighted by molar-refractivity contribution is 5.31. The Hall–Kier alpha value is -0.860. The molecule has 0 spiro atoms. The van der Waals surface area contributed by atoms with E-state index in [9.17, 15) is 0 Å². The largest absolute Gasteiger partial charge is 0.374 e. The lowest BCUT2D eigenvalue weighted by Crippen LogP contribution is -2.08. The molecule has 0 unspecified atom stereocenters. The van der Waals surface area contributed by atoms with Crippen molar-refractivity contribution in [3.63, 3.8) is 0 Å². The summed E-state index contributed by atoms with van der Waals surface area (Å²) >= 11 is 0. The maximum Gasteiger partial charge on any atom is 0.0929 e. The SMILES string of the molecule is COC1(c2ccc(CCCCN)cc2)CC1. The van der Waals surface area contributed by atoms with Crippen molar-refractivity contribution in [1.82, 2.24) is 0 Å². The first kappa shape index (κ1) is 11.6.